The minimum Gasteiger partial charge on any atom is -0.321 e. The van der Waals surface area contributed by atoms with E-state index in [2.05, 4.69) is 22.3 Å². The van der Waals surface area contributed by atoms with Crippen LogP contribution in [-0.2, 0) is 0 Å². The van der Waals surface area contributed by atoms with Crippen molar-refractivity contribution in [1.82, 2.24) is 19.7 Å². The fraction of sp³-hybridized carbons (Fsp3) is 0.526. The van der Waals surface area contributed by atoms with Crippen LogP contribution in [0, 0.1) is 0 Å². The second-order valence-corrected chi connectivity index (χ2v) is 6.70. The van der Waals surface area contributed by atoms with E-state index in [-0.39, 0.29) is 12.1 Å². The van der Waals surface area contributed by atoms with Crippen LogP contribution < -0.4 is 5.32 Å². The summed E-state index contributed by atoms with van der Waals surface area (Å²) in [6.07, 6.45) is 12.2. The number of carbonyl (C=O) groups excluding carboxylic acids is 1. The Labute approximate surface area is 149 Å². The Morgan fingerprint density at radius 1 is 1.24 bits per heavy atom. The molecule has 3 rings (SSSR count). The van der Waals surface area contributed by atoms with Crippen LogP contribution in [0.2, 0.25) is 0 Å². The van der Waals surface area contributed by atoms with Gasteiger partial charge in [-0.3, -0.25) is 10.3 Å². The van der Waals surface area contributed by atoms with Gasteiger partial charge in [0.15, 0.2) is 0 Å². The Morgan fingerprint density at radius 2 is 1.96 bits per heavy atom. The summed E-state index contributed by atoms with van der Waals surface area (Å²) in [7, 11) is 1.84. The van der Waals surface area contributed by atoms with Gasteiger partial charge in [0, 0.05) is 25.5 Å². The van der Waals surface area contributed by atoms with Gasteiger partial charge in [-0.25, -0.2) is 9.48 Å². The van der Waals surface area contributed by atoms with E-state index in [1.807, 2.05) is 29.9 Å². The molecule has 0 radical (unpaired) electrons. The standard InChI is InChI=1S/C19H27N5O/c1-3-17(15-9-12-20-13-10-15)23(2)19(25)22-18-11-14-21-24(18)16-7-5-4-6-8-16/h9-14,16-17H,3-8H2,1-2H3,(H,22,25). The number of amides is 2. The zero-order valence-corrected chi connectivity index (χ0v) is 15.1. The van der Waals surface area contributed by atoms with Crippen molar-refractivity contribution in [3.8, 4) is 0 Å². The van der Waals surface area contributed by atoms with Gasteiger partial charge in [0.05, 0.1) is 18.3 Å². The third-order valence-corrected chi connectivity index (χ3v) is 5.09. The van der Waals surface area contributed by atoms with E-state index in [4.69, 9.17) is 0 Å². The number of carbonyl (C=O) groups is 1. The van der Waals surface area contributed by atoms with Gasteiger partial charge in [-0.15, -0.1) is 0 Å². The number of nitrogens with zero attached hydrogens (tertiary/aromatic N) is 4. The van der Waals surface area contributed by atoms with Gasteiger partial charge in [-0.2, -0.15) is 5.10 Å². The maximum absolute atomic E-state index is 12.8. The number of pyridine rings is 1. The van der Waals surface area contributed by atoms with Crippen molar-refractivity contribution in [3.63, 3.8) is 0 Å². The molecule has 6 heteroatoms. The zero-order valence-electron chi connectivity index (χ0n) is 15.1. The molecule has 25 heavy (non-hydrogen) atoms. The number of anilines is 1. The molecule has 1 unspecified atom stereocenters. The molecule has 0 bridgehead atoms. The van der Waals surface area contributed by atoms with Crippen LogP contribution in [0.1, 0.15) is 63.1 Å². The third-order valence-electron chi connectivity index (χ3n) is 5.09. The SMILES string of the molecule is CCC(c1ccncc1)N(C)C(=O)Nc1ccnn1C1CCCCC1. The molecule has 2 aromatic heterocycles. The maximum atomic E-state index is 12.8. The van der Waals surface area contributed by atoms with Gasteiger partial charge in [-0.05, 0) is 37.0 Å². The lowest BCUT2D eigenvalue weighted by molar-refractivity contribution is 0.202. The Balaban J connectivity index is 1.70. The smallest absolute Gasteiger partial charge is 0.321 e. The van der Waals surface area contributed by atoms with Crippen molar-refractivity contribution in [2.75, 3.05) is 12.4 Å². The van der Waals surface area contributed by atoms with Gasteiger partial charge < -0.3 is 4.90 Å². The van der Waals surface area contributed by atoms with Crippen molar-refractivity contribution < 1.29 is 4.79 Å². The van der Waals surface area contributed by atoms with E-state index in [9.17, 15) is 4.79 Å². The molecule has 1 aliphatic rings. The molecule has 1 atom stereocenters. The van der Waals surface area contributed by atoms with Gasteiger partial charge >= 0.3 is 6.03 Å². The molecule has 1 fully saturated rings. The molecule has 1 saturated carbocycles. The molecular weight excluding hydrogens is 314 g/mol. The molecule has 2 heterocycles. The van der Waals surface area contributed by atoms with Crippen LogP contribution in [-0.4, -0.2) is 32.7 Å². The normalized spacial score (nSPS) is 16.4. The highest BCUT2D eigenvalue weighted by Gasteiger charge is 2.23. The summed E-state index contributed by atoms with van der Waals surface area (Å²) in [6.45, 7) is 2.08. The number of urea groups is 1. The molecular formula is C19H27N5O. The first-order valence-corrected chi connectivity index (χ1v) is 9.18. The van der Waals surface area contributed by atoms with Crippen molar-refractivity contribution in [2.45, 2.75) is 57.5 Å². The highest BCUT2D eigenvalue weighted by atomic mass is 16.2. The molecule has 6 nitrogen and oxygen atoms in total. The van der Waals surface area contributed by atoms with Gasteiger partial charge in [0.2, 0.25) is 0 Å². The Hall–Kier alpha value is -2.37. The minimum atomic E-state index is -0.110. The molecule has 0 saturated heterocycles. The summed E-state index contributed by atoms with van der Waals surface area (Å²) >= 11 is 0. The Morgan fingerprint density at radius 3 is 2.64 bits per heavy atom. The largest absolute Gasteiger partial charge is 0.323 e. The first-order valence-electron chi connectivity index (χ1n) is 9.18. The summed E-state index contributed by atoms with van der Waals surface area (Å²) in [4.78, 5) is 18.6. The molecule has 0 spiro atoms. The third kappa shape index (κ3) is 4.00. The van der Waals surface area contributed by atoms with Crippen molar-refractivity contribution in [3.05, 3.63) is 42.4 Å². The fourth-order valence-corrected chi connectivity index (χ4v) is 3.69. The first kappa shape index (κ1) is 17.5. The van der Waals surface area contributed by atoms with Crippen molar-refractivity contribution >= 4 is 11.8 Å². The molecule has 134 valence electrons. The summed E-state index contributed by atoms with van der Waals surface area (Å²) in [6, 6.07) is 6.11. The highest BCUT2D eigenvalue weighted by Crippen LogP contribution is 2.30. The number of nitrogens with one attached hydrogen (secondary N) is 1. The van der Waals surface area contributed by atoms with Crippen LogP contribution in [0.4, 0.5) is 10.6 Å². The van der Waals surface area contributed by atoms with E-state index in [1.165, 1.54) is 19.3 Å². The lowest BCUT2D eigenvalue weighted by atomic mass is 9.96. The number of aromatic nitrogens is 3. The van der Waals surface area contributed by atoms with Gasteiger partial charge in [-0.1, -0.05) is 26.2 Å². The van der Waals surface area contributed by atoms with Crippen LogP contribution >= 0.6 is 0 Å². The second kappa shape index (κ2) is 8.14. The van der Waals surface area contributed by atoms with Crippen LogP contribution in [0.3, 0.4) is 0 Å². The topological polar surface area (TPSA) is 63.1 Å². The van der Waals surface area contributed by atoms with Gasteiger partial charge in [0.25, 0.3) is 0 Å². The highest BCUT2D eigenvalue weighted by molar-refractivity contribution is 5.88. The number of hydrogen-bond acceptors (Lipinski definition) is 3. The monoisotopic (exact) mass is 341 g/mol. The van der Waals surface area contributed by atoms with Crippen molar-refractivity contribution in [2.24, 2.45) is 0 Å². The van der Waals surface area contributed by atoms with Crippen molar-refractivity contribution in [1.29, 1.82) is 0 Å². The fourth-order valence-electron chi connectivity index (χ4n) is 3.69. The minimum absolute atomic E-state index is 0.0223. The van der Waals surface area contributed by atoms with E-state index in [1.54, 1.807) is 23.5 Å². The predicted octanol–water partition coefficient (Wildman–Crippen LogP) is 4.40. The van der Waals surface area contributed by atoms with E-state index < -0.39 is 0 Å². The Bertz CT molecular complexity index is 678. The first-order chi connectivity index (χ1) is 12.2. The summed E-state index contributed by atoms with van der Waals surface area (Å²) < 4.78 is 1.98. The zero-order chi connectivity index (χ0) is 17.6. The number of rotatable bonds is 5. The average molecular weight is 341 g/mol. The molecule has 2 aromatic rings. The summed E-state index contributed by atoms with van der Waals surface area (Å²) in [5, 5.41) is 7.49. The Kier molecular flexibility index (Phi) is 5.68. The number of hydrogen-bond donors (Lipinski definition) is 1. The molecule has 0 aromatic carbocycles. The van der Waals surface area contributed by atoms with Crippen LogP contribution in [0.15, 0.2) is 36.8 Å². The van der Waals surface area contributed by atoms with Crippen LogP contribution in [0.5, 0.6) is 0 Å². The molecule has 1 N–H and O–H groups in total. The second-order valence-electron chi connectivity index (χ2n) is 6.70. The molecule has 1 aliphatic carbocycles. The van der Waals surface area contributed by atoms with Gasteiger partial charge in [0.1, 0.15) is 5.82 Å². The summed E-state index contributed by atoms with van der Waals surface area (Å²) in [5.74, 6) is 0.785. The van der Waals surface area contributed by atoms with Crippen LogP contribution in [0.25, 0.3) is 0 Å². The van der Waals surface area contributed by atoms with E-state index in [0.29, 0.717) is 6.04 Å². The summed E-state index contributed by atoms with van der Waals surface area (Å²) in [5.41, 5.74) is 1.09. The van der Waals surface area contributed by atoms with E-state index in [0.717, 1.165) is 30.6 Å². The predicted molar refractivity (Wildman–Crippen MR) is 98.4 cm³/mol. The van der Waals surface area contributed by atoms with E-state index >= 15 is 0 Å². The quantitative estimate of drug-likeness (QED) is 0.877. The molecule has 2 amide bonds. The average Bonchev–Trinajstić information content (AvgIpc) is 3.12. The lowest BCUT2D eigenvalue weighted by Crippen LogP contribution is -2.35. The lowest BCUT2D eigenvalue weighted by Gasteiger charge is -2.29. The maximum Gasteiger partial charge on any atom is 0.323 e. The molecule has 0 aliphatic heterocycles.